The quantitative estimate of drug-likeness (QED) is 0.216. The zero-order valence-corrected chi connectivity index (χ0v) is 22.9. The third-order valence-electron chi connectivity index (χ3n) is 5.89. The van der Waals surface area contributed by atoms with E-state index in [4.69, 9.17) is 4.74 Å². The number of hydrogen-bond acceptors (Lipinski definition) is 6. The number of nitriles is 1. The van der Waals surface area contributed by atoms with Crippen molar-refractivity contribution in [3.05, 3.63) is 94.9 Å². The summed E-state index contributed by atoms with van der Waals surface area (Å²) in [6, 6.07) is 24.5. The predicted molar refractivity (Wildman–Crippen MR) is 155 cm³/mol. The SMILES string of the molecule is CCC(Sc1cccc(NC(=O)c2ccc(OC)cc2)c1)C(=O)Nc1scc(-c2ccc(C)cc2)c1C#N. The molecule has 0 saturated carbocycles. The number of thiophene rings is 1. The van der Waals surface area contributed by atoms with E-state index in [1.165, 1.54) is 23.1 Å². The minimum atomic E-state index is -0.376. The van der Waals surface area contributed by atoms with Crippen molar-refractivity contribution in [1.29, 1.82) is 5.26 Å². The summed E-state index contributed by atoms with van der Waals surface area (Å²) in [5.41, 5.74) is 4.52. The molecule has 1 aromatic heterocycles. The summed E-state index contributed by atoms with van der Waals surface area (Å²) in [5, 5.41) is 17.8. The number of benzene rings is 3. The molecule has 1 unspecified atom stereocenters. The number of ether oxygens (including phenoxy) is 1. The monoisotopic (exact) mass is 541 g/mol. The number of aryl methyl sites for hydroxylation is 1. The molecule has 4 aromatic rings. The van der Waals surface area contributed by atoms with Gasteiger partial charge in [0.25, 0.3) is 5.91 Å². The van der Waals surface area contributed by atoms with E-state index in [0.717, 1.165) is 21.6 Å². The Bertz CT molecular complexity index is 1470. The van der Waals surface area contributed by atoms with Gasteiger partial charge in [-0.1, -0.05) is 42.8 Å². The summed E-state index contributed by atoms with van der Waals surface area (Å²) < 4.78 is 5.14. The largest absolute Gasteiger partial charge is 0.497 e. The molecule has 38 heavy (non-hydrogen) atoms. The molecule has 4 rings (SSSR count). The lowest BCUT2D eigenvalue weighted by molar-refractivity contribution is -0.115. The minimum Gasteiger partial charge on any atom is -0.497 e. The summed E-state index contributed by atoms with van der Waals surface area (Å²) in [4.78, 5) is 26.7. The summed E-state index contributed by atoms with van der Waals surface area (Å²) in [7, 11) is 1.58. The molecule has 0 radical (unpaired) electrons. The van der Waals surface area contributed by atoms with Crippen LogP contribution in [0.25, 0.3) is 11.1 Å². The van der Waals surface area contributed by atoms with Gasteiger partial charge in [-0.05, 0) is 61.4 Å². The van der Waals surface area contributed by atoms with Crippen LogP contribution in [0.2, 0.25) is 0 Å². The number of carbonyl (C=O) groups excluding carboxylic acids is 2. The molecule has 2 N–H and O–H groups in total. The Morgan fingerprint density at radius 1 is 1.05 bits per heavy atom. The standard InChI is InChI=1S/C30H27N3O3S2/c1-4-27(29(35)33-30-25(17-31)26(18-37-30)20-10-8-19(2)9-11-20)38-24-7-5-6-22(16-24)32-28(34)21-12-14-23(36-3)15-13-21/h5-16,18,27H,4H2,1-3H3,(H,32,34)(H,33,35). The van der Waals surface area contributed by atoms with Gasteiger partial charge in [0.15, 0.2) is 0 Å². The molecule has 8 heteroatoms. The average molecular weight is 542 g/mol. The molecular formula is C30H27N3O3S2. The van der Waals surface area contributed by atoms with E-state index in [1.54, 1.807) is 31.4 Å². The van der Waals surface area contributed by atoms with Crippen LogP contribution in [0, 0.1) is 18.3 Å². The Balaban J connectivity index is 1.44. The Morgan fingerprint density at radius 3 is 2.45 bits per heavy atom. The van der Waals surface area contributed by atoms with Crippen LogP contribution in [0.5, 0.6) is 5.75 Å². The molecule has 0 saturated heterocycles. The van der Waals surface area contributed by atoms with Gasteiger partial charge in [0, 0.05) is 27.1 Å². The molecule has 0 fully saturated rings. The van der Waals surface area contributed by atoms with Crippen LogP contribution in [-0.2, 0) is 4.79 Å². The van der Waals surface area contributed by atoms with E-state index in [1.807, 2.05) is 67.8 Å². The normalized spacial score (nSPS) is 11.3. The van der Waals surface area contributed by atoms with Crippen molar-refractivity contribution in [2.45, 2.75) is 30.4 Å². The van der Waals surface area contributed by atoms with Crippen molar-refractivity contribution in [2.75, 3.05) is 17.7 Å². The second-order valence-corrected chi connectivity index (χ2v) is 10.7. The molecule has 0 bridgehead atoms. The molecule has 0 spiro atoms. The molecule has 0 aliphatic rings. The highest BCUT2D eigenvalue weighted by Crippen LogP contribution is 2.36. The van der Waals surface area contributed by atoms with Crippen LogP contribution in [0.1, 0.15) is 34.8 Å². The molecule has 6 nitrogen and oxygen atoms in total. The Morgan fingerprint density at radius 2 is 1.79 bits per heavy atom. The maximum absolute atomic E-state index is 13.2. The first-order chi connectivity index (χ1) is 18.4. The van der Waals surface area contributed by atoms with Gasteiger partial charge in [-0.2, -0.15) is 5.26 Å². The van der Waals surface area contributed by atoms with Gasteiger partial charge in [-0.25, -0.2) is 0 Å². The van der Waals surface area contributed by atoms with Gasteiger partial charge in [0.2, 0.25) is 5.91 Å². The van der Waals surface area contributed by atoms with Gasteiger partial charge in [0.1, 0.15) is 16.8 Å². The lowest BCUT2D eigenvalue weighted by atomic mass is 10.0. The van der Waals surface area contributed by atoms with Crippen molar-refractivity contribution >= 4 is 45.6 Å². The maximum atomic E-state index is 13.2. The van der Waals surface area contributed by atoms with E-state index >= 15 is 0 Å². The third-order valence-corrected chi connectivity index (χ3v) is 8.14. The topological polar surface area (TPSA) is 91.2 Å². The number of methoxy groups -OCH3 is 1. The fourth-order valence-corrected chi connectivity index (χ4v) is 5.71. The van der Waals surface area contributed by atoms with Gasteiger partial charge in [-0.3, -0.25) is 9.59 Å². The highest BCUT2D eigenvalue weighted by molar-refractivity contribution is 8.00. The number of rotatable bonds is 9. The van der Waals surface area contributed by atoms with Gasteiger partial charge in [0.05, 0.1) is 17.9 Å². The predicted octanol–water partition coefficient (Wildman–Crippen LogP) is 7.37. The summed E-state index contributed by atoms with van der Waals surface area (Å²) in [6.07, 6.45) is 0.594. The fourth-order valence-electron chi connectivity index (χ4n) is 3.78. The Labute approximate surface area is 230 Å². The van der Waals surface area contributed by atoms with Crippen LogP contribution in [0.3, 0.4) is 0 Å². The van der Waals surface area contributed by atoms with Crippen LogP contribution >= 0.6 is 23.1 Å². The van der Waals surface area contributed by atoms with E-state index in [-0.39, 0.29) is 17.1 Å². The summed E-state index contributed by atoms with van der Waals surface area (Å²) in [5.74, 6) is 0.282. The van der Waals surface area contributed by atoms with E-state index in [9.17, 15) is 14.9 Å². The zero-order valence-electron chi connectivity index (χ0n) is 21.3. The number of anilines is 2. The van der Waals surface area contributed by atoms with Gasteiger partial charge in [-0.15, -0.1) is 23.1 Å². The van der Waals surface area contributed by atoms with Crippen molar-refractivity contribution in [3.63, 3.8) is 0 Å². The number of nitrogens with one attached hydrogen (secondary N) is 2. The van der Waals surface area contributed by atoms with Crippen molar-refractivity contribution in [3.8, 4) is 22.9 Å². The maximum Gasteiger partial charge on any atom is 0.255 e. The molecular weight excluding hydrogens is 514 g/mol. The van der Waals surface area contributed by atoms with Crippen LogP contribution < -0.4 is 15.4 Å². The fraction of sp³-hybridized carbons (Fsp3) is 0.167. The average Bonchev–Trinajstić information content (AvgIpc) is 3.34. The number of amides is 2. The lowest BCUT2D eigenvalue weighted by Gasteiger charge is -2.15. The van der Waals surface area contributed by atoms with Gasteiger partial charge >= 0.3 is 0 Å². The van der Waals surface area contributed by atoms with Crippen molar-refractivity contribution < 1.29 is 14.3 Å². The number of hydrogen-bond donors (Lipinski definition) is 2. The second-order valence-electron chi connectivity index (χ2n) is 8.55. The lowest BCUT2D eigenvalue weighted by Crippen LogP contribution is -2.24. The first kappa shape index (κ1) is 27.0. The third kappa shape index (κ3) is 6.43. The molecule has 0 aliphatic carbocycles. The zero-order chi connectivity index (χ0) is 27.1. The van der Waals surface area contributed by atoms with Crippen LogP contribution in [-0.4, -0.2) is 24.2 Å². The van der Waals surface area contributed by atoms with E-state index < -0.39 is 0 Å². The molecule has 2 amide bonds. The molecule has 0 aliphatic heterocycles. The van der Waals surface area contributed by atoms with Crippen LogP contribution in [0.4, 0.5) is 10.7 Å². The second kappa shape index (κ2) is 12.5. The van der Waals surface area contributed by atoms with Crippen LogP contribution in [0.15, 0.2) is 83.1 Å². The van der Waals surface area contributed by atoms with Crippen molar-refractivity contribution in [1.82, 2.24) is 0 Å². The minimum absolute atomic E-state index is 0.168. The first-order valence-corrected chi connectivity index (χ1v) is 13.8. The molecule has 3 aromatic carbocycles. The first-order valence-electron chi connectivity index (χ1n) is 12.0. The smallest absolute Gasteiger partial charge is 0.255 e. The molecule has 1 atom stereocenters. The summed E-state index contributed by atoms with van der Waals surface area (Å²) >= 11 is 2.77. The highest BCUT2D eigenvalue weighted by atomic mass is 32.2. The van der Waals surface area contributed by atoms with Crippen molar-refractivity contribution in [2.24, 2.45) is 0 Å². The Kier molecular flexibility index (Phi) is 8.85. The highest BCUT2D eigenvalue weighted by Gasteiger charge is 2.22. The number of carbonyl (C=O) groups is 2. The number of thioether (sulfide) groups is 1. The van der Waals surface area contributed by atoms with Gasteiger partial charge < -0.3 is 15.4 Å². The molecule has 192 valence electrons. The number of nitrogens with zero attached hydrogens (tertiary/aromatic N) is 1. The summed E-state index contributed by atoms with van der Waals surface area (Å²) in [6.45, 7) is 3.96. The Hall–Kier alpha value is -4.06. The van der Waals surface area contributed by atoms with E-state index in [0.29, 0.717) is 34.0 Å². The molecule has 1 heterocycles. The van der Waals surface area contributed by atoms with E-state index in [2.05, 4.69) is 16.7 Å².